The van der Waals surface area contributed by atoms with Gasteiger partial charge in [-0.15, -0.1) is 0 Å². The molecule has 0 spiro atoms. The zero-order chi connectivity index (χ0) is 20.8. The second-order valence-corrected chi connectivity index (χ2v) is 7.49. The van der Waals surface area contributed by atoms with Gasteiger partial charge < -0.3 is 15.8 Å². The monoisotopic (exact) mass is 394 g/mol. The lowest BCUT2D eigenvalue weighted by Crippen LogP contribution is -2.23. The lowest BCUT2D eigenvalue weighted by Gasteiger charge is -2.17. The maximum Gasteiger partial charge on any atom is 0.251 e. The lowest BCUT2D eigenvalue weighted by molar-refractivity contribution is 0.0857. The number of nitriles is 1. The predicted molar refractivity (Wildman–Crippen MR) is 111 cm³/mol. The molecule has 0 radical (unpaired) electrons. The number of nitrogens with one attached hydrogen (secondary N) is 2. The average molecular weight is 394 g/mol. The highest BCUT2D eigenvalue weighted by molar-refractivity contribution is 5.95. The number of amides is 1. The van der Waals surface area contributed by atoms with E-state index >= 15 is 0 Å². The van der Waals surface area contributed by atoms with Gasteiger partial charge in [0, 0.05) is 17.7 Å². The van der Waals surface area contributed by atoms with E-state index in [9.17, 15) is 10.1 Å². The topological polar surface area (TPSA) is 112 Å². The summed E-state index contributed by atoms with van der Waals surface area (Å²) >= 11 is 0. The van der Waals surface area contributed by atoms with Gasteiger partial charge in [0.25, 0.3) is 5.91 Å². The van der Waals surface area contributed by atoms with Crippen LogP contribution in [0.15, 0.2) is 60.7 Å². The molecule has 2 heterocycles. The van der Waals surface area contributed by atoms with Gasteiger partial charge in [-0.1, -0.05) is 36.4 Å². The second-order valence-electron chi connectivity index (χ2n) is 7.49. The molecule has 2 aliphatic rings. The van der Waals surface area contributed by atoms with Crippen molar-refractivity contribution in [1.29, 1.82) is 10.7 Å². The molecule has 6 heteroatoms. The number of rotatable bonds is 4. The van der Waals surface area contributed by atoms with Crippen molar-refractivity contribution in [2.45, 2.75) is 18.8 Å². The Morgan fingerprint density at radius 2 is 1.60 bits per heavy atom. The third kappa shape index (κ3) is 2.84. The van der Waals surface area contributed by atoms with Crippen LogP contribution in [-0.2, 0) is 11.3 Å². The highest BCUT2D eigenvalue weighted by atomic mass is 16.5. The highest BCUT2D eigenvalue weighted by Crippen LogP contribution is 2.54. The molecule has 0 saturated heterocycles. The van der Waals surface area contributed by atoms with Crippen LogP contribution in [0.3, 0.4) is 0 Å². The van der Waals surface area contributed by atoms with Gasteiger partial charge in [0.15, 0.2) is 0 Å². The van der Waals surface area contributed by atoms with Crippen molar-refractivity contribution in [2.24, 2.45) is 5.73 Å². The van der Waals surface area contributed by atoms with E-state index in [1.165, 1.54) is 0 Å². The molecule has 2 atom stereocenters. The Bertz CT molecular complexity index is 1240. The number of fused-ring (bicyclic) bond motifs is 8. The van der Waals surface area contributed by atoms with Gasteiger partial charge in [0.2, 0.25) is 0 Å². The van der Waals surface area contributed by atoms with Gasteiger partial charge in [-0.05, 0) is 52.1 Å². The molecule has 2 unspecified atom stereocenters. The zero-order valence-corrected chi connectivity index (χ0v) is 16.0. The van der Waals surface area contributed by atoms with Crippen LogP contribution in [-0.4, -0.2) is 11.7 Å². The molecule has 30 heavy (non-hydrogen) atoms. The van der Waals surface area contributed by atoms with Crippen molar-refractivity contribution in [1.82, 2.24) is 5.32 Å². The summed E-state index contributed by atoms with van der Waals surface area (Å²) in [4.78, 5) is 12.7. The number of carbonyl (C=O) groups excluding carboxylic acids is 1. The molecule has 1 amide bonds. The number of nitrogen functional groups attached to an aromatic ring is 1. The summed E-state index contributed by atoms with van der Waals surface area (Å²) in [6.07, 6.45) is -0.371. The van der Waals surface area contributed by atoms with E-state index in [2.05, 4.69) is 11.4 Å². The van der Waals surface area contributed by atoms with Crippen molar-refractivity contribution < 1.29 is 9.53 Å². The Kier molecular flexibility index (Phi) is 4.12. The van der Waals surface area contributed by atoms with Crippen LogP contribution < -0.4 is 11.1 Å². The van der Waals surface area contributed by atoms with E-state index in [4.69, 9.17) is 15.9 Å². The lowest BCUT2D eigenvalue weighted by atomic mass is 9.84. The highest BCUT2D eigenvalue weighted by Gasteiger charge is 2.42. The number of ether oxygens (including phenoxy) is 1. The molecule has 4 N–H and O–H groups in total. The molecule has 3 aromatic rings. The minimum atomic E-state index is -0.236. The number of hydrogen-bond acceptors (Lipinski definition) is 4. The van der Waals surface area contributed by atoms with Gasteiger partial charge in [0.1, 0.15) is 18.0 Å². The molecule has 2 bridgehead atoms. The molecule has 0 fully saturated rings. The zero-order valence-electron chi connectivity index (χ0n) is 16.0. The fourth-order valence-electron chi connectivity index (χ4n) is 4.14. The first-order valence-corrected chi connectivity index (χ1v) is 9.60. The summed E-state index contributed by atoms with van der Waals surface area (Å²) in [6, 6.07) is 20.7. The maximum atomic E-state index is 12.7. The number of nitrogens with zero attached hydrogens (tertiary/aromatic N) is 1. The number of benzene rings is 3. The Morgan fingerprint density at radius 3 is 2.30 bits per heavy atom. The van der Waals surface area contributed by atoms with Crippen LogP contribution in [0, 0.1) is 16.7 Å². The van der Waals surface area contributed by atoms with E-state index in [1.807, 2.05) is 48.5 Å². The summed E-state index contributed by atoms with van der Waals surface area (Å²) < 4.78 is 6.14. The third-order valence-corrected chi connectivity index (χ3v) is 5.68. The molecule has 2 aliphatic heterocycles. The number of nitrogens with two attached hydrogens (primary N) is 1. The quantitative estimate of drug-likeness (QED) is 0.465. The van der Waals surface area contributed by atoms with Gasteiger partial charge in [0.05, 0.1) is 11.6 Å². The van der Waals surface area contributed by atoms with E-state index in [-0.39, 0.29) is 24.0 Å². The summed E-state index contributed by atoms with van der Waals surface area (Å²) in [5.41, 5.74) is 12.4. The predicted octanol–water partition coefficient (Wildman–Crippen LogP) is 3.29. The van der Waals surface area contributed by atoms with Crippen LogP contribution in [0.5, 0.6) is 0 Å². The Labute approximate surface area is 173 Å². The first-order valence-electron chi connectivity index (χ1n) is 9.60. The molecular weight excluding hydrogens is 376 g/mol. The van der Waals surface area contributed by atoms with Crippen LogP contribution in [0.2, 0.25) is 0 Å². The molecular formula is C24H18N4O2. The molecule has 3 aromatic carbocycles. The van der Waals surface area contributed by atoms with E-state index in [1.54, 1.807) is 12.1 Å². The Hall–Kier alpha value is -3.95. The standard InChI is InChI=1S/C24H18N4O2/c25-11-14-3-7-17-19(9-14)22-20-10-16(6-8-18(20)21(17)30-22)24(29)28-12-13-1-4-15(5-2-13)23(26)27/h1-10,21-22H,12H2,(H3,26,27)(H,28,29). The Morgan fingerprint density at radius 1 is 0.967 bits per heavy atom. The first kappa shape index (κ1) is 18.1. The minimum Gasteiger partial charge on any atom is -0.384 e. The summed E-state index contributed by atoms with van der Waals surface area (Å²) in [5, 5.41) is 19.5. The molecule has 0 saturated carbocycles. The third-order valence-electron chi connectivity index (χ3n) is 5.68. The van der Waals surface area contributed by atoms with Gasteiger partial charge in [-0.2, -0.15) is 5.26 Å². The van der Waals surface area contributed by atoms with Crippen LogP contribution in [0.1, 0.15) is 61.5 Å². The van der Waals surface area contributed by atoms with Crippen molar-refractivity contribution in [3.8, 4) is 6.07 Å². The second kappa shape index (κ2) is 6.83. The Balaban J connectivity index is 1.34. The summed E-state index contributed by atoms with van der Waals surface area (Å²) in [5.74, 6) is -0.147. The van der Waals surface area contributed by atoms with Crippen LogP contribution in [0.25, 0.3) is 0 Å². The van der Waals surface area contributed by atoms with Crippen LogP contribution >= 0.6 is 0 Å². The number of carbonyl (C=O) groups is 1. The average Bonchev–Trinajstić information content (AvgIpc) is 3.34. The first-order chi connectivity index (χ1) is 14.5. The van der Waals surface area contributed by atoms with Crippen molar-refractivity contribution in [2.75, 3.05) is 0 Å². The smallest absolute Gasteiger partial charge is 0.251 e. The van der Waals surface area contributed by atoms with Crippen molar-refractivity contribution >= 4 is 11.7 Å². The SMILES string of the molecule is N#Cc1ccc2c(c1)C1OC2c2ccc(C(=O)NCc3ccc(C(=N)N)cc3)cc21. The molecule has 6 nitrogen and oxygen atoms in total. The molecule has 5 rings (SSSR count). The number of amidine groups is 1. The normalized spacial score (nSPS) is 17.7. The largest absolute Gasteiger partial charge is 0.384 e. The summed E-state index contributed by atoms with van der Waals surface area (Å²) in [7, 11) is 0. The van der Waals surface area contributed by atoms with Crippen molar-refractivity contribution in [3.05, 3.63) is 105 Å². The summed E-state index contributed by atoms with van der Waals surface area (Å²) in [6.45, 7) is 0.380. The molecule has 0 aromatic heterocycles. The van der Waals surface area contributed by atoms with Gasteiger partial charge in [-0.3, -0.25) is 10.2 Å². The van der Waals surface area contributed by atoms with Crippen molar-refractivity contribution in [3.63, 3.8) is 0 Å². The van der Waals surface area contributed by atoms with Crippen LogP contribution in [0.4, 0.5) is 0 Å². The molecule has 0 aliphatic carbocycles. The fourth-order valence-corrected chi connectivity index (χ4v) is 4.14. The van der Waals surface area contributed by atoms with Gasteiger partial charge >= 0.3 is 0 Å². The van der Waals surface area contributed by atoms with E-state index in [0.29, 0.717) is 23.2 Å². The number of hydrogen-bond donors (Lipinski definition) is 3. The molecule has 146 valence electrons. The van der Waals surface area contributed by atoms with E-state index < -0.39 is 0 Å². The maximum absolute atomic E-state index is 12.7. The van der Waals surface area contributed by atoms with Gasteiger partial charge in [-0.25, -0.2) is 0 Å². The van der Waals surface area contributed by atoms with E-state index in [0.717, 1.165) is 27.8 Å². The minimum absolute atomic E-state index is 0.0173. The fraction of sp³-hybridized carbons (Fsp3) is 0.125.